The van der Waals surface area contributed by atoms with Gasteiger partial charge in [-0.15, -0.1) is 0 Å². The fraction of sp³-hybridized carbons (Fsp3) is 0.389. The van der Waals surface area contributed by atoms with Gasteiger partial charge < -0.3 is 4.42 Å². The van der Waals surface area contributed by atoms with Gasteiger partial charge in [-0.05, 0) is 36.5 Å². The normalized spacial score (nSPS) is 13.2. The maximum absolute atomic E-state index is 5.76. The highest BCUT2D eigenvalue weighted by Gasteiger charge is 2.10. The molecular weight excluding hydrogens is 246 g/mol. The van der Waals surface area contributed by atoms with Crippen LogP contribution in [0, 0.1) is 6.92 Å². The van der Waals surface area contributed by atoms with Crippen LogP contribution in [0.5, 0.6) is 0 Å². The molecular formula is C18H23NO. The molecule has 2 heteroatoms. The van der Waals surface area contributed by atoms with Crippen molar-refractivity contribution in [3.8, 4) is 0 Å². The number of aryl methyl sites for hydroxylation is 1. The molecule has 0 bridgehead atoms. The molecule has 0 amide bonds. The van der Waals surface area contributed by atoms with Crippen LogP contribution >= 0.6 is 0 Å². The van der Waals surface area contributed by atoms with E-state index < -0.39 is 0 Å². The summed E-state index contributed by atoms with van der Waals surface area (Å²) in [5, 5.41) is 0. The molecule has 2 rings (SSSR count). The van der Waals surface area contributed by atoms with Crippen LogP contribution in [0.2, 0.25) is 0 Å². The summed E-state index contributed by atoms with van der Waals surface area (Å²) >= 11 is 0. The number of aliphatic imine (C=N–C) groups is 1. The Hall–Kier alpha value is -1.83. The molecule has 106 valence electrons. The Bertz CT molecular complexity index is 566. The Morgan fingerprint density at radius 2 is 1.90 bits per heavy atom. The molecule has 0 saturated heterocycles. The molecule has 0 unspecified atom stereocenters. The summed E-state index contributed by atoms with van der Waals surface area (Å²) < 4.78 is 5.76. The SMILES string of the molecule is CC[C@H](N=Cc1cc(C(C)C)c(C)o1)c1ccccc1. The quantitative estimate of drug-likeness (QED) is 0.678. The van der Waals surface area contributed by atoms with Crippen LogP contribution in [-0.2, 0) is 0 Å². The monoisotopic (exact) mass is 269 g/mol. The van der Waals surface area contributed by atoms with Crippen molar-refractivity contribution in [2.75, 3.05) is 0 Å². The second kappa shape index (κ2) is 6.56. The zero-order valence-electron chi connectivity index (χ0n) is 12.8. The van der Waals surface area contributed by atoms with Crippen molar-refractivity contribution in [2.24, 2.45) is 4.99 Å². The van der Waals surface area contributed by atoms with Gasteiger partial charge in [-0.2, -0.15) is 0 Å². The fourth-order valence-corrected chi connectivity index (χ4v) is 2.42. The zero-order valence-corrected chi connectivity index (χ0v) is 12.8. The first-order valence-corrected chi connectivity index (χ1v) is 7.30. The van der Waals surface area contributed by atoms with Crippen molar-refractivity contribution in [2.45, 2.75) is 46.1 Å². The third-order valence-electron chi connectivity index (χ3n) is 3.55. The minimum atomic E-state index is 0.198. The van der Waals surface area contributed by atoms with Gasteiger partial charge in [0.1, 0.15) is 11.5 Å². The average Bonchev–Trinajstić information content (AvgIpc) is 2.82. The van der Waals surface area contributed by atoms with Crippen LogP contribution in [0.15, 0.2) is 45.8 Å². The average molecular weight is 269 g/mol. The van der Waals surface area contributed by atoms with Gasteiger partial charge in [0, 0.05) is 0 Å². The van der Waals surface area contributed by atoms with Gasteiger partial charge in [0.05, 0.1) is 12.3 Å². The molecule has 0 spiro atoms. The minimum absolute atomic E-state index is 0.198. The van der Waals surface area contributed by atoms with E-state index in [1.54, 1.807) is 0 Å². The molecule has 2 aromatic rings. The van der Waals surface area contributed by atoms with Gasteiger partial charge in [-0.25, -0.2) is 0 Å². The molecule has 0 aliphatic carbocycles. The van der Waals surface area contributed by atoms with E-state index in [1.807, 2.05) is 19.2 Å². The lowest BCUT2D eigenvalue weighted by Crippen LogP contribution is -1.94. The minimum Gasteiger partial charge on any atom is -0.460 e. The first-order chi connectivity index (χ1) is 9.61. The number of hydrogen-bond donors (Lipinski definition) is 0. The summed E-state index contributed by atoms with van der Waals surface area (Å²) in [4.78, 5) is 4.68. The second-order valence-corrected chi connectivity index (χ2v) is 5.43. The van der Waals surface area contributed by atoms with Gasteiger partial charge in [0.15, 0.2) is 0 Å². The van der Waals surface area contributed by atoms with Crippen LogP contribution in [0.4, 0.5) is 0 Å². The molecule has 20 heavy (non-hydrogen) atoms. The van der Waals surface area contributed by atoms with E-state index in [4.69, 9.17) is 4.42 Å². The predicted octanol–water partition coefficient (Wildman–Crippen LogP) is 5.28. The predicted molar refractivity (Wildman–Crippen MR) is 84.6 cm³/mol. The van der Waals surface area contributed by atoms with Gasteiger partial charge >= 0.3 is 0 Å². The van der Waals surface area contributed by atoms with Gasteiger partial charge in [0.25, 0.3) is 0 Å². The number of hydrogen-bond acceptors (Lipinski definition) is 2. The zero-order chi connectivity index (χ0) is 14.5. The topological polar surface area (TPSA) is 25.5 Å². The van der Waals surface area contributed by atoms with Gasteiger partial charge in [-0.3, -0.25) is 4.99 Å². The lowest BCUT2D eigenvalue weighted by atomic mass is 10.0. The van der Waals surface area contributed by atoms with Crippen LogP contribution < -0.4 is 0 Å². The molecule has 0 radical (unpaired) electrons. The Morgan fingerprint density at radius 3 is 2.45 bits per heavy atom. The lowest BCUT2D eigenvalue weighted by molar-refractivity contribution is 0.520. The summed E-state index contributed by atoms with van der Waals surface area (Å²) in [6.45, 7) is 8.53. The smallest absolute Gasteiger partial charge is 0.145 e. The highest BCUT2D eigenvalue weighted by molar-refractivity contribution is 5.76. The summed E-state index contributed by atoms with van der Waals surface area (Å²) in [6.07, 6.45) is 2.84. The Kier molecular flexibility index (Phi) is 4.78. The van der Waals surface area contributed by atoms with E-state index in [2.05, 4.69) is 56.1 Å². The van der Waals surface area contributed by atoms with Crippen LogP contribution in [0.25, 0.3) is 0 Å². The van der Waals surface area contributed by atoms with E-state index in [9.17, 15) is 0 Å². The Labute approximate surface area is 121 Å². The molecule has 0 N–H and O–H groups in total. The van der Waals surface area contributed by atoms with Crippen molar-refractivity contribution in [1.29, 1.82) is 0 Å². The molecule has 0 aliphatic rings. The van der Waals surface area contributed by atoms with Gasteiger partial charge in [-0.1, -0.05) is 51.1 Å². The van der Waals surface area contributed by atoms with E-state index in [-0.39, 0.29) is 6.04 Å². The van der Waals surface area contributed by atoms with Crippen molar-refractivity contribution < 1.29 is 4.42 Å². The number of rotatable bonds is 5. The highest BCUT2D eigenvalue weighted by atomic mass is 16.3. The summed E-state index contributed by atoms with van der Waals surface area (Å²) in [5.74, 6) is 2.33. The molecule has 0 saturated carbocycles. The Morgan fingerprint density at radius 1 is 1.20 bits per heavy atom. The molecule has 1 heterocycles. The Balaban J connectivity index is 2.17. The second-order valence-electron chi connectivity index (χ2n) is 5.43. The van der Waals surface area contributed by atoms with E-state index in [0.29, 0.717) is 5.92 Å². The molecule has 1 aromatic carbocycles. The largest absolute Gasteiger partial charge is 0.460 e. The maximum atomic E-state index is 5.76. The first kappa shape index (κ1) is 14.6. The summed E-state index contributed by atoms with van der Waals surface area (Å²) in [7, 11) is 0. The lowest BCUT2D eigenvalue weighted by Gasteiger charge is -2.09. The van der Waals surface area contributed by atoms with Gasteiger partial charge in [0.2, 0.25) is 0 Å². The number of benzene rings is 1. The van der Waals surface area contributed by atoms with Crippen LogP contribution in [0.3, 0.4) is 0 Å². The molecule has 0 fully saturated rings. The maximum Gasteiger partial charge on any atom is 0.145 e. The van der Waals surface area contributed by atoms with Crippen molar-refractivity contribution in [1.82, 2.24) is 0 Å². The third kappa shape index (κ3) is 3.38. The van der Waals surface area contributed by atoms with Crippen LogP contribution in [0.1, 0.15) is 61.8 Å². The first-order valence-electron chi connectivity index (χ1n) is 7.30. The van der Waals surface area contributed by atoms with Crippen molar-refractivity contribution in [3.63, 3.8) is 0 Å². The molecule has 1 aromatic heterocycles. The summed E-state index contributed by atoms with van der Waals surface area (Å²) in [5.41, 5.74) is 2.51. The fourth-order valence-electron chi connectivity index (χ4n) is 2.42. The standard InChI is InChI=1S/C18H23NO/c1-5-18(15-9-7-6-8-10-15)19-12-16-11-17(13(2)3)14(4)20-16/h6-13,18H,5H2,1-4H3/t18-/m0/s1. The van der Waals surface area contributed by atoms with E-state index >= 15 is 0 Å². The molecule has 1 atom stereocenters. The third-order valence-corrected chi connectivity index (χ3v) is 3.55. The van der Waals surface area contributed by atoms with E-state index in [0.717, 1.165) is 17.9 Å². The summed E-state index contributed by atoms with van der Waals surface area (Å²) in [6, 6.07) is 12.7. The van der Waals surface area contributed by atoms with E-state index in [1.165, 1.54) is 11.1 Å². The molecule has 2 nitrogen and oxygen atoms in total. The highest BCUT2D eigenvalue weighted by Crippen LogP contribution is 2.24. The molecule has 0 aliphatic heterocycles. The number of nitrogens with zero attached hydrogens (tertiary/aromatic N) is 1. The number of furan rings is 1. The van der Waals surface area contributed by atoms with Crippen molar-refractivity contribution in [3.05, 3.63) is 59.0 Å². The van der Waals surface area contributed by atoms with Crippen LogP contribution in [-0.4, -0.2) is 6.21 Å². The van der Waals surface area contributed by atoms with Crippen molar-refractivity contribution >= 4 is 6.21 Å².